The quantitative estimate of drug-likeness (QED) is 0.361. The molecule has 0 unspecified atom stereocenters. The van der Waals surface area contributed by atoms with Gasteiger partial charge >= 0.3 is 190 Å². The summed E-state index contributed by atoms with van der Waals surface area (Å²) >= 11 is 0. The monoisotopic (exact) mass is 862 g/mol. The molecular weight excluding hydrogens is 846 g/mol. The molecule has 0 saturated carbocycles. The van der Waals surface area contributed by atoms with Crippen LogP contribution in [0.2, 0.25) is 0 Å². The van der Waals surface area contributed by atoms with Crippen LogP contribution in [0.25, 0.3) is 0 Å². The van der Waals surface area contributed by atoms with E-state index in [1.165, 1.54) is 11.1 Å². The van der Waals surface area contributed by atoms with Crippen molar-refractivity contribution in [3.63, 3.8) is 0 Å². The minimum atomic E-state index is 0. The number of hydrogen-bond donors (Lipinski definition) is 0. The van der Waals surface area contributed by atoms with Crippen LogP contribution in [0.15, 0.2) is 73.2 Å². The fourth-order valence-corrected chi connectivity index (χ4v) is 2.17. The molecule has 35 heavy (non-hydrogen) atoms. The van der Waals surface area contributed by atoms with Crippen LogP contribution in [0, 0.1) is 71.2 Å². The first kappa shape index (κ1) is 83.3. The number of hydrogen-bond acceptors (Lipinski definition) is 2. The van der Waals surface area contributed by atoms with Gasteiger partial charge in [0, 0.05) is 0 Å². The molecule has 2 aromatic carbocycles. The average Bonchev–Trinajstić information content (AvgIpc) is 2.56. The Bertz CT molecular complexity index is 581. The van der Waals surface area contributed by atoms with E-state index in [4.69, 9.17) is 9.47 Å². The summed E-state index contributed by atoms with van der Waals surface area (Å²) in [6.45, 7) is 0. The van der Waals surface area contributed by atoms with Gasteiger partial charge in [-0.05, 0) is 48.3 Å². The first-order chi connectivity index (χ1) is 9.93. The van der Waals surface area contributed by atoms with E-state index in [-0.39, 0.29) is 239 Å². The van der Waals surface area contributed by atoms with Gasteiger partial charge < -0.3 is 58.8 Å². The van der Waals surface area contributed by atoms with E-state index < -0.39 is 0 Å². The zero-order valence-corrected chi connectivity index (χ0v) is 33.2. The van der Waals surface area contributed by atoms with Crippen molar-refractivity contribution in [1.82, 2.24) is 0 Å². The number of allylic oxidation sites excluding steroid dienone is 2. The molecule has 17 heteroatoms. The first-order valence-electron chi connectivity index (χ1n) is 6.72. The Kier molecular flexibility index (Phi) is 120. The second-order valence-electron chi connectivity index (χ2n) is 4.60. The number of rotatable bonds is 0. The third-order valence-corrected chi connectivity index (χ3v) is 3.20. The fraction of sp³-hybridized carbons (Fsp3) is 0.111. The molecule has 0 bridgehead atoms. The van der Waals surface area contributed by atoms with Crippen LogP contribution >= 0.6 is 0 Å². The van der Waals surface area contributed by atoms with Gasteiger partial charge in [-0.15, -0.1) is 0 Å². The van der Waals surface area contributed by atoms with Crippen molar-refractivity contribution in [1.29, 1.82) is 0 Å². The van der Waals surface area contributed by atoms with Gasteiger partial charge in [0.15, 0.2) is 0 Å². The van der Waals surface area contributed by atoms with Crippen molar-refractivity contribution in [3.05, 3.63) is 84.3 Å². The molecule has 172 valence electrons. The minimum absolute atomic E-state index is 0. The predicted octanol–water partition coefficient (Wildman–Crippen LogP) is 2.43. The van der Waals surface area contributed by atoms with E-state index in [0.29, 0.717) is 0 Å². The van der Waals surface area contributed by atoms with Crippen LogP contribution < -0.4 is 9.47 Å². The van der Waals surface area contributed by atoms with E-state index >= 15 is 0 Å². The Morgan fingerprint density at radius 1 is 0.457 bits per heavy atom. The molecule has 11 nitrogen and oxygen atoms in total. The smallest absolute Gasteiger partial charge is 2.00 e. The van der Waals surface area contributed by atoms with Crippen molar-refractivity contribution in [2.75, 3.05) is 0 Å². The van der Waals surface area contributed by atoms with Crippen LogP contribution in [0.3, 0.4) is 0 Å². The van der Waals surface area contributed by atoms with Crippen molar-refractivity contribution < 1.29 is 173 Å². The standard InChI is InChI=1S/2C9H8O.2Ca.2La.9O.2Ti/c2*1-2-6-9-8(4-1)5-3-7-10-9;;;;;;;;;;;;;;;/h2*1-4,6-7H,5H2;;;;;;;;;;;;;;;/q;;2*+2;2*+3;9*-2;2*+4. The van der Waals surface area contributed by atoms with E-state index in [2.05, 4.69) is 12.1 Å². The number of fused-ring (bicyclic) bond motifs is 2. The molecule has 0 amide bonds. The van der Waals surface area contributed by atoms with Crippen molar-refractivity contribution >= 4 is 75.5 Å². The molecule has 0 atom stereocenters. The van der Waals surface area contributed by atoms with E-state index in [9.17, 15) is 0 Å². The van der Waals surface area contributed by atoms with Crippen LogP contribution in [0.4, 0.5) is 0 Å². The maximum absolute atomic E-state index is 5.24. The normalized spacial score (nSPS) is 8.00. The van der Waals surface area contributed by atoms with Crippen LogP contribution in [-0.2, 0) is 106 Å². The largest absolute Gasteiger partial charge is 4.00 e. The van der Waals surface area contributed by atoms with Crippen LogP contribution in [0.1, 0.15) is 11.1 Å². The molecule has 0 aromatic heterocycles. The van der Waals surface area contributed by atoms with Gasteiger partial charge in [0.1, 0.15) is 11.5 Å². The number of para-hydroxylation sites is 2. The van der Waals surface area contributed by atoms with Gasteiger partial charge in [-0.1, -0.05) is 36.4 Å². The Balaban J connectivity index is -0.0000000176. The third-order valence-electron chi connectivity index (χ3n) is 3.20. The number of ether oxygens (including phenoxy) is 2. The molecule has 0 radical (unpaired) electrons. The summed E-state index contributed by atoms with van der Waals surface area (Å²) < 4.78 is 10.5. The molecule has 2 aliphatic heterocycles. The Morgan fingerprint density at radius 2 is 0.714 bits per heavy atom. The molecule has 0 fully saturated rings. The predicted molar refractivity (Wildman–Crippen MR) is 97.5 cm³/mol. The third kappa shape index (κ3) is 30.3. The summed E-state index contributed by atoms with van der Waals surface area (Å²) in [4.78, 5) is 0. The Hall–Kier alpha value is 3.50. The summed E-state index contributed by atoms with van der Waals surface area (Å²) in [6, 6.07) is 16.2. The maximum atomic E-state index is 5.24. The van der Waals surface area contributed by atoms with Crippen LogP contribution in [-0.4, -0.2) is 75.5 Å². The molecule has 0 spiro atoms. The zero-order chi connectivity index (χ0) is 13.6. The minimum Gasteiger partial charge on any atom is -2.00 e. The summed E-state index contributed by atoms with van der Waals surface area (Å²) in [5, 5.41) is 0. The summed E-state index contributed by atoms with van der Waals surface area (Å²) in [5.74, 6) is 1.98. The van der Waals surface area contributed by atoms with E-state index in [1.807, 2.05) is 48.6 Å². The van der Waals surface area contributed by atoms with Crippen molar-refractivity contribution in [3.8, 4) is 11.5 Å². The molecule has 0 aliphatic carbocycles. The molecule has 0 saturated heterocycles. The molecule has 4 rings (SSSR count). The van der Waals surface area contributed by atoms with Gasteiger partial charge in [0.25, 0.3) is 0 Å². The molecular formula is C18H16Ca2La2O11Ti2. The summed E-state index contributed by atoms with van der Waals surface area (Å²) in [5.41, 5.74) is 2.54. The van der Waals surface area contributed by atoms with Crippen LogP contribution in [0.5, 0.6) is 11.5 Å². The molecule has 2 aliphatic rings. The number of benzene rings is 2. The van der Waals surface area contributed by atoms with Gasteiger partial charge in [-0.3, -0.25) is 0 Å². The van der Waals surface area contributed by atoms with Gasteiger partial charge in [-0.25, -0.2) is 0 Å². The Labute approximate surface area is 350 Å². The first-order valence-corrected chi connectivity index (χ1v) is 6.72. The maximum Gasteiger partial charge on any atom is 4.00 e. The Morgan fingerprint density at radius 3 is 0.971 bits per heavy atom. The van der Waals surface area contributed by atoms with E-state index in [0.717, 1.165) is 24.3 Å². The molecule has 2 heterocycles. The molecule has 2 aromatic rings. The average molecular weight is 862 g/mol. The SMILES string of the molecule is C1=COc2ccccc2C1.C1=COc2ccccc2C1.[Ca+2].[Ca+2].[La+3].[La+3].[O-2].[O-2].[O-2].[O-2].[O-2].[O-2].[O-2].[O-2].[O-2].[Ti+4].[Ti+4]. The topological polar surface area (TPSA) is 275 Å². The molecule has 0 N–H and O–H groups in total. The summed E-state index contributed by atoms with van der Waals surface area (Å²) in [7, 11) is 0. The zero-order valence-electron chi connectivity index (χ0n) is 18.4. The van der Waals surface area contributed by atoms with Crippen molar-refractivity contribution in [2.24, 2.45) is 0 Å². The van der Waals surface area contributed by atoms with E-state index in [1.54, 1.807) is 12.5 Å². The van der Waals surface area contributed by atoms with Gasteiger partial charge in [0.2, 0.25) is 0 Å². The fourth-order valence-electron chi connectivity index (χ4n) is 2.17. The van der Waals surface area contributed by atoms with Gasteiger partial charge in [-0.2, -0.15) is 0 Å². The van der Waals surface area contributed by atoms with Gasteiger partial charge in [0.05, 0.1) is 12.5 Å². The second-order valence-corrected chi connectivity index (χ2v) is 4.60. The van der Waals surface area contributed by atoms with Crippen molar-refractivity contribution in [2.45, 2.75) is 12.8 Å². The second kappa shape index (κ2) is 50.3. The summed E-state index contributed by atoms with van der Waals surface area (Å²) in [6.07, 6.45) is 9.50.